The minimum absolute atomic E-state index is 0.212. The minimum atomic E-state index is -3.77. The van der Waals surface area contributed by atoms with Gasteiger partial charge in [-0.15, -0.1) is 0 Å². The quantitative estimate of drug-likeness (QED) is 0.623. The van der Waals surface area contributed by atoms with Gasteiger partial charge in [-0.25, -0.2) is 4.31 Å². The predicted molar refractivity (Wildman–Crippen MR) is 59.3 cm³/mol. The number of rotatable bonds is 6. The van der Waals surface area contributed by atoms with Crippen LogP contribution in [0.3, 0.4) is 0 Å². The molecule has 0 fully saturated rings. The first-order valence-corrected chi connectivity index (χ1v) is 6.45. The van der Waals surface area contributed by atoms with E-state index in [0.717, 1.165) is 4.31 Å². The Hall–Kier alpha value is -1.35. The number of hydrogen-bond donors (Lipinski definition) is 2. The van der Waals surface area contributed by atoms with E-state index in [2.05, 4.69) is 9.44 Å². The molecule has 0 aromatic carbocycles. The zero-order valence-electron chi connectivity index (χ0n) is 9.37. The first kappa shape index (κ1) is 13.7. The number of nitrogens with two attached hydrogens (primary N) is 1. The van der Waals surface area contributed by atoms with Crippen molar-refractivity contribution in [3.63, 3.8) is 0 Å². The van der Waals surface area contributed by atoms with Crippen LogP contribution < -0.4 is 5.73 Å². The Balaban J connectivity index is 2.32. The van der Waals surface area contributed by atoms with Gasteiger partial charge in [0.25, 0.3) is 0 Å². The van der Waals surface area contributed by atoms with Gasteiger partial charge in [-0.1, -0.05) is 0 Å². The Bertz CT molecular complexity index is 419. The first-order chi connectivity index (χ1) is 7.84. The maximum atomic E-state index is 11.3. The fourth-order valence-electron chi connectivity index (χ4n) is 1.37. The average Bonchev–Trinajstić information content (AvgIpc) is 2.49. The largest absolute Gasteiger partial charge is 0.480 e. The summed E-state index contributed by atoms with van der Waals surface area (Å²) in [5, 5.41) is 11.9. The van der Waals surface area contributed by atoms with Crippen molar-refractivity contribution in [2.75, 3.05) is 6.54 Å². The molecule has 1 atom stereocenters. The van der Waals surface area contributed by atoms with Crippen LogP contribution in [-0.2, 0) is 19.4 Å². The summed E-state index contributed by atoms with van der Waals surface area (Å²) in [7, 11) is -3.77. The third kappa shape index (κ3) is 3.56. The Kier molecular flexibility index (Phi) is 4.29. The van der Waals surface area contributed by atoms with Crippen LogP contribution in [0, 0.1) is 0 Å². The monoisotopic (exact) mass is 265 g/mol. The van der Waals surface area contributed by atoms with Crippen LogP contribution in [-0.4, -0.2) is 42.2 Å². The molecule has 0 aromatic heterocycles. The molecule has 1 aliphatic heterocycles. The van der Waals surface area contributed by atoms with Crippen molar-refractivity contribution >= 4 is 22.1 Å². The molecule has 0 aliphatic carbocycles. The van der Waals surface area contributed by atoms with Crippen LogP contribution in [0.2, 0.25) is 0 Å². The van der Waals surface area contributed by atoms with Crippen molar-refractivity contribution in [1.82, 2.24) is 4.31 Å². The number of aliphatic carboxylic acids is 1. The first-order valence-electron chi connectivity index (χ1n) is 5.09. The second kappa shape index (κ2) is 5.32. The number of nitrogens with zero attached hydrogens (tertiary/aromatic N) is 2. The SMILES string of the molecule is CC1=NOS(=O)(=O)N1CCCCC(N)C(=O)O. The number of oxime groups is 1. The number of amidine groups is 1. The van der Waals surface area contributed by atoms with Gasteiger partial charge in [0.15, 0.2) is 5.84 Å². The summed E-state index contributed by atoms with van der Waals surface area (Å²) in [4.78, 5) is 10.4. The van der Waals surface area contributed by atoms with Gasteiger partial charge in [-0.2, -0.15) is 8.42 Å². The molecule has 0 radical (unpaired) electrons. The highest BCUT2D eigenvalue weighted by Crippen LogP contribution is 2.15. The van der Waals surface area contributed by atoms with E-state index in [1.54, 1.807) is 0 Å². The molecule has 0 aromatic rings. The molecule has 1 aliphatic rings. The lowest BCUT2D eigenvalue weighted by Gasteiger charge is -2.14. The van der Waals surface area contributed by atoms with Crippen molar-refractivity contribution in [1.29, 1.82) is 0 Å². The second-order valence-corrected chi connectivity index (χ2v) is 5.13. The van der Waals surface area contributed by atoms with E-state index in [1.807, 2.05) is 0 Å². The zero-order valence-corrected chi connectivity index (χ0v) is 10.2. The highest BCUT2D eigenvalue weighted by molar-refractivity contribution is 7.85. The summed E-state index contributed by atoms with van der Waals surface area (Å²) in [5.41, 5.74) is 5.31. The molecule has 9 heteroatoms. The average molecular weight is 265 g/mol. The molecule has 0 saturated carbocycles. The van der Waals surface area contributed by atoms with Crippen LogP contribution in [0.1, 0.15) is 26.2 Å². The van der Waals surface area contributed by atoms with Gasteiger partial charge in [0.05, 0.1) is 0 Å². The molecule has 3 N–H and O–H groups in total. The number of carbonyl (C=O) groups is 1. The van der Waals surface area contributed by atoms with Crippen LogP contribution in [0.15, 0.2) is 5.16 Å². The zero-order chi connectivity index (χ0) is 13.1. The third-order valence-corrected chi connectivity index (χ3v) is 3.59. The summed E-state index contributed by atoms with van der Waals surface area (Å²) in [5.74, 6) is -0.785. The van der Waals surface area contributed by atoms with Crippen LogP contribution in [0.4, 0.5) is 0 Å². The summed E-state index contributed by atoms with van der Waals surface area (Å²) in [6, 6.07) is -0.906. The molecule has 1 unspecified atom stereocenters. The van der Waals surface area contributed by atoms with Crippen molar-refractivity contribution in [2.24, 2.45) is 10.9 Å². The van der Waals surface area contributed by atoms with Gasteiger partial charge in [0.1, 0.15) is 6.04 Å². The van der Waals surface area contributed by atoms with Crippen LogP contribution >= 0.6 is 0 Å². The lowest BCUT2D eigenvalue weighted by Crippen LogP contribution is -2.32. The second-order valence-electron chi connectivity index (χ2n) is 3.68. The van der Waals surface area contributed by atoms with Crippen LogP contribution in [0.5, 0.6) is 0 Å². The van der Waals surface area contributed by atoms with Gasteiger partial charge in [-0.3, -0.25) is 9.08 Å². The molecule has 0 bridgehead atoms. The van der Waals surface area contributed by atoms with Crippen molar-refractivity contribution in [3.05, 3.63) is 0 Å². The normalized spacial score (nSPS) is 19.6. The fraction of sp³-hybridized carbons (Fsp3) is 0.750. The van der Waals surface area contributed by atoms with E-state index in [0.29, 0.717) is 19.3 Å². The summed E-state index contributed by atoms with van der Waals surface area (Å²) in [6.45, 7) is 1.73. The van der Waals surface area contributed by atoms with E-state index >= 15 is 0 Å². The molecule has 0 amide bonds. The number of carboxylic acids is 1. The van der Waals surface area contributed by atoms with Gasteiger partial charge in [0, 0.05) is 6.54 Å². The molecule has 0 saturated heterocycles. The van der Waals surface area contributed by atoms with E-state index in [1.165, 1.54) is 6.92 Å². The number of carboxylic acid groups (broad SMARTS) is 1. The lowest BCUT2D eigenvalue weighted by molar-refractivity contribution is -0.138. The number of hydrogen-bond acceptors (Lipinski definition) is 6. The molecular weight excluding hydrogens is 250 g/mol. The van der Waals surface area contributed by atoms with Crippen LogP contribution in [0.25, 0.3) is 0 Å². The Morgan fingerprint density at radius 1 is 1.59 bits per heavy atom. The minimum Gasteiger partial charge on any atom is -0.480 e. The molecule has 0 spiro atoms. The summed E-state index contributed by atoms with van der Waals surface area (Å²) in [6.07, 6.45) is 1.32. The van der Waals surface area contributed by atoms with Crippen molar-refractivity contribution in [2.45, 2.75) is 32.2 Å². The topological polar surface area (TPSA) is 122 Å². The Labute approximate surface area is 99.3 Å². The highest BCUT2D eigenvalue weighted by Gasteiger charge is 2.31. The molecule has 17 heavy (non-hydrogen) atoms. The van der Waals surface area contributed by atoms with Crippen molar-refractivity contribution < 1.29 is 22.6 Å². The third-order valence-electron chi connectivity index (χ3n) is 2.34. The van der Waals surface area contributed by atoms with Gasteiger partial charge in [-0.05, 0) is 31.3 Å². The van der Waals surface area contributed by atoms with E-state index in [-0.39, 0.29) is 12.4 Å². The highest BCUT2D eigenvalue weighted by atomic mass is 32.2. The molecule has 1 heterocycles. The molecule has 8 nitrogen and oxygen atoms in total. The Morgan fingerprint density at radius 2 is 2.24 bits per heavy atom. The maximum Gasteiger partial charge on any atom is 0.430 e. The fourth-order valence-corrected chi connectivity index (χ4v) is 2.36. The maximum absolute atomic E-state index is 11.3. The predicted octanol–water partition coefficient (Wildman–Crippen LogP) is -0.521. The van der Waals surface area contributed by atoms with E-state index in [4.69, 9.17) is 10.8 Å². The summed E-state index contributed by atoms with van der Waals surface area (Å²) >= 11 is 0. The van der Waals surface area contributed by atoms with E-state index in [9.17, 15) is 13.2 Å². The van der Waals surface area contributed by atoms with Crippen molar-refractivity contribution in [3.8, 4) is 0 Å². The number of unbranched alkanes of at least 4 members (excludes halogenated alkanes) is 1. The van der Waals surface area contributed by atoms with Gasteiger partial charge >= 0.3 is 16.3 Å². The smallest absolute Gasteiger partial charge is 0.430 e. The van der Waals surface area contributed by atoms with Gasteiger partial charge < -0.3 is 10.8 Å². The van der Waals surface area contributed by atoms with Gasteiger partial charge in [0.2, 0.25) is 0 Å². The molecular formula is C8H15N3O5S. The Morgan fingerprint density at radius 3 is 2.71 bits per heavy atom. The molecule has 1 rings (SSSR count). The summed E-state index contributed by atoms with van der Waals surface area (Å²) < 4.78 is 27.8. The van der Waals surface area contributed by atoms with E-state index < -0.39 is 22.3 Å². The molecule has 98 valence electrons. The lowest BCUT2D eigenvalue weighted by atomic mass is 10.1. The standard InChI is InChI=1S/C8H15N3O5S/c1-6-10-16-17(14,15)11(6)5-3-2-4-7(9)8(12)13/h7H,2-5,9H2,1H3,(H,12,13).